The molecule has 1 atom stereocenters. The molecule has 2 N–H and O–H groups in total. The Labute approximate surface area is 219 Å². The monoisotopic (exact) mass is 562 g/mol. The molecule has 1 aromatic carbocycles. The third-order valence-corrected chi connectivity index (χ3v) is 9.25. The van der Waals surface area contributed by atoms with Crippen molar-refractivity contribution < 1.29 is 36.1 Å². The summed E-state index contributed by atoms with van der Waals surface area (Å²) >= 11 is 2.85. The zero-order chi connectivity index (χ0) is 22.7. The van der Waals surface area contributed by atoms with E-state index in [1.165, 1.54) is 35.8 Å². The predicted octanol–water partition coefficient (Wildman–Crippen LogP) is 1.24. The summed E-state index contributed by atoms with van der Waals surface area (Å²) < 4.78 is 6.95. The van der Waals surface area contributed by atoms with Crippen LogP contribution >= 0.6 is 22.7 Å². The molecule has 0 aliphatic carbocycles. The highest BCUT2D eigenvalue weighted by Gasteiger charge is 2.49. The number of aliphatic hydroxyl groups is 1. The van der Waals surface area contributed by atoms with E-state index in [4.69, 9.17) is 4.74 Å². The summed E-state index contributed by atoms with van der Waals surface area (Å²) in [5.74, 6) is 1.11. The highest BCUT2D eigenvalue weighted by Crippen LogP contribution is 2.38. The molecule has 8 heteroatoms. The number of hydrogen-bond donors (Lipinski definition) is 2. The van der Waals surface area contributed by atoms with Gasteiger partial charge < -0.3 is 36.6 Å². The molecule has 6 rings (SSSR count). The molecule has 3 saturated heterocycles. The molecule has 5 heterocycles. The van der Waals surface area contributed by atoms with Crippen molar-refractivity contribution in [1.29, 1.82) is 0 Å². The smallest absolute Gasteiger partial charge is 0.263 e. The summed E-state index contributed by atoms with van der Waals surface area (Å²) in [6.45, 7) is 5.05. The van der Waals surface area contributed by atoms with E-state index in [2.05, 4.69) is 5.32 Å². The van der Waals surface area contributed by atoms with Crippen molar-refractivity contribution in [3.63, 3.8) is 0 Å². The number of rotatable bonds is 9. The minimum Gasteiger partial charge on any atom is -1.00 e. The molecule has 5 nitrogen and oxygen atoms in total. The second-order valence-corrected chi connectivity index (χ2v) is 11.2. The Balaban J connectivity index is 0.00000274. The van der Waals surface area contributed by atoms with Gasteiger partial charge in [-0.1, -0.05) is 30.3 Å². The van der Waals surface area contributed by atoms with Crippen molar-refractivity contribution in [2.24, 2.45) is 5.92 Å². The van der Waals surface area contributed by atoms with Crippen LogP contribution in [0.3, 0.4) is 0 Å². The standard InChI is InChI=1S/C26H30N2O3S2.BrH/c29-25(26(30,23-9-4-17-32-23)24-10-5-18-33-24)27-22-19-28(14-11-20(22)12-15-28)13-6-16-31-21-7-2-1-3-8-21;/h1-5,7-10,17-18,20,22,30H,6,11-16,19H2;1H/t20?,22-,28?;/m0./s1. The minimum absolute atomic E-state index is 0. The first-order chi connectivity index (χ1) is 16.1. The van der Waals surface area contributed by atoms with Gasteiger partial charge in [0.1, 0.15) is 5.75 Å². The first kappa shape index (κ1) is 25.4. The summed E-state index contributed by atoms with van der Waals surface area (Å²) in [6.07, 6.45) is 3.25. The number of quaternary nitrogens is 1. The van der Waals surface area contributed by atoms with Gasteiger partial charge in [-0.3, -0.25) is 4.79 Å². The van der Waals surface area contributed by atoms with E-state index in [1.54, 1.807) is 0 Å². The quantitative estimate of drug-likeness (QED) is 0.305. The normalized spacial score (nSPS) is 23.8. The number of piperidine rings is 3. The van der Waals surface area contributed by atoms with Crippen molar-refractivity contribution in [3.8, 4) is 5.75 Å². The fourth-order valence-electron chi connectivity index (χ4n) is 5.46. The van der Waals surface area contributed by atoms with Gasteiger partial charge >= 0.3 is 0 Å². The highest BCUT2D eigenvalue weighted by atomic mass is 79.9. The Hall–Kier alpha value is -1.71. The van der Waals surface area contributed by atoms with Crippen LogP contribution in [0, 0.1) is 5.92 Å². The SMILES string of the molecule is O=C(N[C@H]1C[N+]2(CCCOc3ccccc3)CCC1CC2)C(O)(c1cccs1)c1cccs1.[Br-]. The van der Waals surface area contributed by atoms with Crippen LogP contribution < -0.4 is 27.0 Å². The first-order valence-corrected chi connectivity index (χ1v) is 13.5. The largest absolute Gasteiger partial charge is 1.00 e. The van der Waals surface area contributed by atoms with Gasteiger partial charge in [0, 0.05) is 19.3 Å². The molecule has 1 amide bonds. The Morgan fingerprint density at radius 2 is 1.68 bits per heavy atom. The van der Waals surface area contributed by atoms with Crippen LogP contribution in [0.25, 0.3) is 0 Å². The zero-order valence-electron chi connectivity index (χ0n) is 19.1. The molecule has 3 fully saturated rings. The average molecular weight is 564 g/mol. The van der Waals surface area contributed by atoms with Gasteiger partial charge in [0.2, 0.25) is 5.60 Å². The number of nitrogens with zero attached hydrogens (tertiary/aromatic N) is 1. The van der Waals surface area contributed by atoms with Gasteiger partial charge in [0.15, 0.2) is 0 Å². The predicted molar refractivity (Wildman–Crippen MR) is 133 cm³/mol. The van der Waals surface area contributed by atoms with Gasteiger partial charge in [-0.25, -0.2) is 0 Å². The van der Waals surface area contributed by atoms with Crippen molar-refractivity contribution >= 4 is 28.6 Å². The number of benzene rings is 1. The Bertz CT molecular complexity index is 1000. The molecule has 0 saturated carbocycles. The topological polar surface area (TPSA) is 58.6 Å². The van der Waals surface area contributed by atoms with Crippen molar-refractivity contribution in [2.75, 3.05) is 32.8 Å². The average Bonchev–Trinajstić information content (AvgIpc) is 3.58. The van der Waals surface area contributed by atoms with E-state index in [0.717, 1.165) is 42.6 Å². The number of nitrogens with one attached hydrogen (secondary N) is 1. The van der Waals surface area contributed by atoms with Gasteiger partial charge in [0.05, 0.1) is 48.6 Å². The number of amides is 1. The molecule has 3 aliphatic heterocycles. The van der Waals surface area contributed by atoms with Crippen LogP contribution in [0.2, 0.25) is 0 Å². The van der Waals surface area contributed by atoms with E-state index < -0.39 is 5.60 Å². The second-order valence-electron chi connectivity index (χ2n) is 9.29. The lowest BCUT2D eigenvalue weighted by Gasteiger charge is -2.53. The van der Waals surface area contributed by atoms with Crippen molar-refractivity contribution in [1.82, 2.24) is 5.32 Å². The van der Waals surface area contributed by atoms with Crippen LogP contribution in [0.4, 0.5) is 0 Å². The maximum atomic E-state index is 13.6. The highest BCUT2D eigenvalue weighted by molar-refractivity contribution is 7.12. The molecule has 0 radical (unpaired) electrons. The minimum atomic E-state index is -1.62. The van der Waals surface area contributed by atoms with Crippen LogP contribution in [-0.2, 0) is 10.4 Å². The summed E-state index contributed by atoms with van der Waals surface area (Å²) in [4.78, 5) is 14.9. The fourth-order valence-corrected chi connectivity index (χ4v) is 7.19. The maximum absolute atomic E-state index is 13.6. The summed E-state index contributed by atoms with van der Waals surface area (Å²) in [5, 5.41) is 18.7. The summed E-state index contributed by atoms with van der Waals surface area (Å²) in [7, 11) is 0. The van der Waals surface area contributed by atoms with Gasteiger partial charge in [-0.05, 0) is 40.9 Å². The Morgan fingerprint density at radius 1 is 1.03 bits per heavy atom. The van der Waals surface area contributed by atoms with Crippen molar-refractivity contribution in [2.45, 2.75) is 30.9 Å². The molecular formula is C26H31BrN2O3S2. The summed E-state index contributed by atoms with van der Waals surface area (Å²) in [5.41, 5.74) is -1.62. The molecular weight excluding hydrogens is 532 g/mol. The van der Waals surface area contributed by atoms with E-state index in [1.807, 2.05) is 65.4 Å². The van der Waals surface area contributed by atoms with Gasteiger partial charge in [0.25, 0.3) is 5.91 Å². The lowest BCUT2D eigenvalue weighted by molar-refractivity contribution is -0.944. The van der Waals surface area contributed by atoms with Crippen LogP contribution in [0.5, 0.6) is 5.75 Å². The number of ether oxygens (including phenoxy) is 1. The number of fused-ring (bicyclic) bond motifs is 3. The van der Waals surface area contributed by atoms with E-state index in [9.17, 15) is 9.90 Å². The Kier molecular flexibility index (Phi) is 8.15. The van der Waals surface area contributed by atoms with Crippen LogP contribution in [-0.4, -0.2) is 54.3 Å². The number of para-hydroxylation sites is 1. The molecule has 2 bridgehead atoms. The number of hydrogen-bond acceptors (Lipinski definition) is 5. The van der Waals surface area contributed by atoms with Crippen molar-refractivity contribution in [3.05, 3.63) is 75.1 Å². The Morgan fingerprint density at radius 3 is 2.26 bits per heavy atom. The number of carbonyl (C=O) groups is 1. The van der Waals surface area contributed by atoms with Gasteiger partial charge in [-0.2, -0.15) is 0 Å². The second kappa shape index (κ2) is 10.9. The van der Waals surface area contributed by atoms with Crippen LogP contribution in [0.15, 0.2) is 65.4 Å². The number of halogens is 1. The van der Waals surface area contributed by atoms with E-state index >= 15 is 0 Å². The zero-order valence-corrected chi connectivity index (χ0v) is 22.3. The molecule has 34 heavy (non-hydrogen) atoms. The third kappa shape index (κ3) is 5.11. The molecule has 182 valence electrons. The molecule has 3 aromatic rings. The fraction of sp³-hybridized carbons (Fsp3) is 0.423. The molecule has 0 unspecified atom stereocenters. The summed E-state index contributed by atoms with van der Waals surface area (Å²) in [6, 6.07) is 17.5. The van der Waals surface area contributed by atoms with Crippen LogP contribution in [0.1, 0.15) is 29.0 Å². The third-order valence-electron chi connectivity index (χ3n) is 7.29. The lowest BCUT2D eigenvalue weighted by atomic mass is 9.81. The maximum Gasteiger partial charge on any atom is 0.263 e. The molecule has 0 spiro atoms. The van der Waals surface area contributed by atoms with E-state index in [-0.39, 0.29) is 28.9 Å². The van der Waals surface area contributed by atoms with E-state index in [0.29, 0.717) is 22.3 Å². The number of carbonyl (C=O) groups excluding carboxylic acids is 1. The number of thiophene rings is 2. The first-order valence-electron chi connectivity index (χ1n) is 11.7. The lowest BCUT2D eigenvalue weighted by Crippen LogP contribution is -3.00. The van der Waals surface area contributed by atoms with Gasteiger partial charge in [-0.15, -0.1) is 22.7 Å². The molecule has 2 aromatic heterocycles. The molecule has 3 aliphatic rings.